The molecule has 0 aromatic heterocycles. The Kier molecular flexibility index (Phi) is 5.04. The normalized spacial score (nSPS) is 15.1. The number of benzene rings is 1. The fourth-order valence-corrected chi connectivity index (χ4v) is 2.34. The van der Waals surface area contributed by atoms with Gasteiger partial charge in [-0.2, -0.15) is 0 Å². The summed E-state index contributed by atoms with van der Waals surface area (Å²) in [6.45, 7) is 4.57. The molecule has 0 radical (unpaired) electrons. The zero-order chi connectivity index (χ0) is 10.6. The van der Waals surface area contributed by atoms with Gasteiger partial charge in [-0.05, 0) is 35.8 Å². The first-order chi connectivity index (χ1) is 6.69. The highest BCUT2D eigenvalue weighted by Gasteiger charge is 2.12. The quantitative estimate of drug-likeness (QED) is 0.573. The molecule has 0 saturated carbocycles. The van der Waals surface area contributed by atoms with E-state index in [0.717, 1.165) is 5.33 Å². The molecule has 1 aromatic carbocycles. The molecule has 0 aliphatic carbocycles. The van der Waals surface area contributed by atoms with Crippen LogP contribution in [0.25, 0.3) is 0 Å². The third-order valence-electron chi connectivity index (χ3n) is 2.74. The third-order valence-corrected chi connectivity index (χ3v) is 4.50. The van der Waals surface area contributed by atoms with Crippen molar-refractivity contribution in [2.24, 2.45) is 5.92 Å². The largest absolute Gasteiger partial charge is 0.130 e. The highest BCUT2D eigenvalue weighted by molar-refractivity contribution is 9.09. The topological polar surface area (TPSA) is 0 Å². The average molecular weight is 273 g/mol. The van der Waals surface area contributed by atoms with Crippen LogP contribution in [-0.4, -0.2) is 11.6 Å². The van der Waals surface area contributed by atoms with Crippen molar-refractivity contribution in [3.8, 4) is 0 Å². The van der Waals surface area contributed by atoms with Crippen molar-refractivity contribution in [1.82, 2.24) is 0 Å². The van der Waals surface area contributed by atoms with E-state index in [0.29, 0.717) is 11.8 Å². The van der Waals surface area contributed by atoms with Crippen LogP contribution in [-0.2, 0) is 0 Å². The molecule has 0 amide bonds. The summed E-state index contributed by atoms with van der Waals surface area (Å²) in [5.74, 6) is 1.32. The summed E-state index contributed by atoms with van der Waals surface area (Å²) in [6.07, 6.45) is 2.11. The van der Waals surface area contributed by atoms with Crippen LogP contribution in [0, 0.1) is 5.92 Å². The predicted molar refractivity (Wildman–Crippen MR) is 69.6 cm³/mol. The van der Waals surface area contributed by atoms with Crippen LogP contribution >= 0.6 is 27.7 Å². The van der Waals surface area contributed by atoms with Gasteiger partial charge in [0.2, 0.25) is 0 Å². The van der Waals surface area contributed by atoms with E-state index < -0.39 is 0 Å². The smallest absolute Gasteiger partial charge is 0.00693 e. The van der Waals surface area contributed by atoms with Gasteiger partial charge in [-0.15, -0.1) is 11.8 Å². The molecule has 1 rings (SSSR count). The Morgan fingerprint density at radius 1 is 1.21 bits per heavy atom. The van der Waals surface area contributed by atoms with E-state index in [1.165, 1.54) is 10.5 Å². The number of hydrogen-bond donors (Lipinski definition) is 0. The van der Waals surface area contributed by atoms with E-state index in [1.54, 1.807) is 11.8 Å². The molecule has 78 valence electrons. The first-order valence-electron chi connectivity index (χ1n) is 4.89. The number of halogens is 1. The molecular weight excluding hydrogens is 256 g/mol. The van der Waals surface area contributed by atoms with Crippen LogP contribution in [0.5, 0.6) is 0 Å². The second-order valence-corrected chi connectivity index (χ2v) is 5.22. The Labute approximate surface area is 99.6 Å². The molecule has 1 aromatic rings. The molecule has 0 aliphatic heterocycles. The Morgan fingerprint density at radius 2 is 1.79 bits per heavy atom. The predicted octanol–water partition coefficient (Wildman–Crippen LogP) is 4.54. The fraction of sp³-hybridized carbons (Fsp3) is 0.500. The lowest BCUT2D eigenvalue weighted by atomic mass is 9.90. The summed E-state index contributed by atoms with van der Waals surface area (Å²) in [7, 11) is 0. The minimum Gasteiger partial charge on any atom is -0.130 e. The minimum atomic E-state index is 0.630. The number of hydrogen-bond acceptors (Lipinski definition) is 1. The number of thioether (sulfide) groups is 1. The Morgan fingerprint density at radius 3 is 2.21 bits per heavy atom. The zero-order valence-corrected chi connectivity index (χ0v) is 11.4. The molecule has 0 heterocycles. The maximum atomic E-state index is 3.54. The summed E-state index contributed by atoms with van der Waals surface area (Å²) in [5.41, 5.74) is 1.44. The van der Waals surface area contributed by atoms with Crippen molar-refractivity contribution in [1.29, 1.82) is 0 Å². The van der Waals surface area contributed by atoms with Gasteiger partial charge in [0.1, 0.15) is 0 Å². The van der Waals surface area contributed by atoms with Gasteiger partial charge in [-0.3, -0.25) is 0 Å². The molecular formula is C12H17BrS. The summed E-state index contributed by atoms with van der Waals surface area (Å²) >= 11 is 5.33. The summed E-state index contributed by atoms with van der Waals surface area (Å²) in [6, 6.07) is 8.90. The monoisotopic (exact) mass is 272 g/mol. The van der Waals surface area contributed by atoms with Gasteiger partial charge in [0, 0.05) is 10.2 Å². The fourth-order valence-electron chi connectivity index (χ4n) is 1.37. The second kappa shape index (κ2) is 5.82. The Bertz CT molecular complexity index is 268. The summed E-state index contributed by atoms with van der Waals surface area (Å²) in [4.78, 5) is 1.34. The first-order valence-corrected chi connectivity index (χ1v) is 7.23. The van der Waals surface area contributed by atoms with Gasteiger partial charge in [-0.25, -0.2) is 0 Å². The van der Waals surface area contributed by atoms with Crippen LogP contribution in [0.15, 0.2) is 29.2 Å². The van der Waals surface area contributed by atoms with Gasteiger partial charge in [0.25, 0.3) is 0 Å². The average Bonchev–Trinajstić information content (AvgIpc) is 2.27. The molecule has 2 atom stereocenters. The van der Waals surface area contributed by atoms with Crippen molar-refractivity contribution in [3.05, 3.63) is 29.8 Å². The molecule has 0 nitrogen and oxygen atoms in total. The molecule has 0 aliphatic rings. The van der Waals surface area contributed by atoms with Gasteiger partial charge >= 0.3 is 0 Å². The molecule has 0 bridgehead atoms. The van der Waals surface area contributed by atoms with Gasteiger partial charge < -0.3 is 0 Å². The summed E-state index contributed by atoms with van der Waals surface area (Å²) in [5, 5.41) is 1.07. The van der Waals surface area contributed by atoms with Crippen LogP contribution in [0.3, 0.4) is 0 Å². The SMILES string of the molecule is CSc1ccc(C(C)C(C)CBr)cc1. The van der Waals surface area contributed by atoms with E-state index in [2.05, 4.69) is 60.3 Å². The highest BCUT2D eigenvalue weighted by Crippen LogP contribution is 2.26. The van der Waals surface area contributed by atoms with Crippen LogP contribution in [0.1, 0.15) is 25.3 Å². The highest BCUT2D eigenvalue weighted by atomic mass is 79.9. The van der Waals surface area contributed by atoms with Crippen LogP contribution in [0.4, 0.5) is 0 Å². The Hall–Kier alpha value is 0.0500. The molecule has 14 heavy (non-hydrogen) atoms. The van der Waals surface area contributed by atoms with Crippen LogP contribution < -0.4 is 0 Å². The lowest BCUT2D eigenvalue weighted by Crippen LogP contribution is -2.07. The first kappa shape index (κ1) is 12.1. The molecule has 2 unspecified atom stereocenters. The second-order valence-electron chi connectivity index (χ2n) is 3.69. The van der Waals surface area contributed by atoms with Crippen molar-refractivity contribution in [3.63, 3.8) is 0 Å². The zero-order valence-electron chi connectivity index (χ0n) is 8.96. The lowest BCUT2D eigenvalue weighted by Gasteiger charge is -2.18. The van der Waals surface area contributed by atoms with Gasteiger partial charge in [-0.1, -0.05) is 41.9 Å². The van der Waals surface area contributed by atoms with Crippen molar-refractivity contribution in [2.45, 2.75) is 24.7 Å². The standard InChI is InChI=1S/C12H17BrS/c1-9(8-13)10(2)11-4-6-12(14-3)7-5-11/h4-7,9-10H,8H2,1-3H3. The Balaban J connectivity index is 2.75. The van der Waals surface area contributed by atoms with Crippen molar-refractivity contribution in [2.75, 3.05) is 11.6 Å². The van der Waals surface area contributed by atoms with E-state index in [1.807, 2.05) is 0 Å². The molecule has 0 saturated heterocycles. The van der Waals surface area contributed by atoms with Crippen molar-refractivity contribution >= 4 is 27.7 Å². The molecule has 0 fully saturated rings. The molecule has 0 N–H and O–H groups in total. The lowest BCUT2D eigenvalue weighted by molar-refractivity contribution is 0.547. The van der Waals surface area contributed by atoms with E-state index in [9.17, 15) is 0 Å². The number of rotatable bonds is 4. The minimum absolute atomic E-state index is 0.630. The maximum Gasteiger partial charge on any atom is 0.00693 e. The molecule has 0 spiro atoms. The molecule has 2 heteroatoms. The summed E-state index contributed by atoms with van der Waals surface area (Å²) < 4.78 is 0. The van der Waals surface area contributed by atoms with E-state index in [-0.39, 0.29) is 0 Å². The van der Waals surface area contributed by atoms with Crippen LogP contribution in [0.2, 0.25) is 0 Å². The maximum absolute atomic E-state index is 3.54. The number of alkyl halides is 1. The van der Waals surface area contributed by atoms with E-state index in [4.69, 9.17) is 0 Å². The van der Waals surface area contributed by atoms with E-state index >= 15 is 0 Å². The third kappa shape index (κ3) is 3.03. The van der Waals surface area contributed by atoms with Gasteiger partial charge in [0.05, 0.1) is 0 Å². The van der Waals surface area contributed by atoms with Crippen molar-refractivity contribution < 1.29 is 0 Å². The van der Waals surface area contributed by atoms with Gasteiger partial charge in [0.15, 0.2) is 0 Å².